The van der Waals surface area contributed by atoms with Crippen LogP contribution in [-0.4, -0.2) is 25.0 Å². The third kappa shape index (κ3) is 3.53. The van der Waals surface area contributed by atoms with Crippen molar-refractivity contribution in [3.05, 3.63) is 65.5 Å². The predicted molar refractivity (Wildman–Crippen MR) is 86.2 cm³/mol. The van der Waals surface area contributed by atoms with Crippen molar-refractivity contribution in [2.75, 3.05) is 13.2 Å². The maximum Gasteiger partial charge on any atom is 0.254 e. The molecule has 0 fully saturated rings. The quantitative estimate of drug-likeness (QED) is 0.904. The average Bonchev–Trinajstić information content (AvgIpc) is 2.60. The van der Waals surface area contributed by atoms with Crippen LogP contribution in [0.3, 0.4) is 0 Å². The summed E-state index contributed by atoms with van der Waals surface area (Å²) < 4.78 is 19.1. The lowest BCUT2D eigenvalue weighted by Gasteiger charge is -2.26. The van der Waals surface area contributed by atoms with E-state index >= 15 is 0 Å². The Labute approximate surface area is 138 Å². The number of benzene rings is 2. The smallest absolute Gasteiger partial charge is 0.254 e. The molecule has 0 spiro atoms. The second kappa shape index (κ2) is 7.12. The number of carbonyl (C=O) groups is 2. The fourth-order valence-electron chi connectivity index (χ4n) is 2.64. The Balaban J connectivity index is 1.57. The normalized spacial score (nSPS) is 15.8. The lowest BCUT2D eigenvalue weighted by atomic mass is 10.0. The second-order valence-electron chi connectivity index (χ2n) is 5.46. The molecule has 1 unspecified atom stereocenters. The number of carbonyl (C=O) groups excluding carboxylic acids is 2. The highest BCUT2D eigenvalue weighted by molar-refractivity contribution is 5.96. The molecule has 0 radical (unpaired) electrons. The largest absolute Gasteiger partial charge is 0.493 e. The molecular formula is C18H17FN2O3. The summed E-state index contributed by atoms with van der Waals surface area (Å²) in [5, 5.41) is 5.30. The molecule has 1 aliphatic heterocycles. The summed E-state index contributed by atoms with van der Waals surface area (Å²) in [6, 6.07) is 13.0. The number of amides is 2. The van der Waals surface area contributed by atoms with Gasteiger partial charge >= 0.3 is 0 Å². The molecule has 2 amide bonds. The zero-order valence-electron chi connectivity index (χ0n) is 12.9. The van der Waals surface area contributed by atoms with E-state index in [9.17, 15) is 14.0 Å². The van der Waals surface area contributed by atoms with E-state index in [2.05, 4.69) is 10.6 Å². The van der Waals surface area contributed by atoms with Gasteiger partial charge in [0.05, 0.1) is 24.8 Å². The van der Waals surface area contributed by atoms with Gasteiger partial charge < -0.3 is 15.4 Å². The van der Waals surface area contributed by atoms with Crippen molar-refractivity contribution in [1.29, 1.82) is 0 Å². The first-order chi connectivity index (χ1) is 11.6. The zero-order valence-corrected chi connectivity index (χ0v) is 12.9. The minimum Gasteiger partial charge on any atom is -0.493 e. The van der Waals surface area contributed by atoms with Crippen LogP contribution in [0, 0.1) is 5.82 Å². The molecular weight excluding hydrogens is 311 g/mol. The van der Waals surface area contributed by atoms with E-state index < -0.39 is 11.7 Å². The van der Waals surface area contributed by atoms with E-state index in [-0.39, 0.29) is 24.1 Å². The van der Waals surface area contributed by atoms with E-state index in [1.165, 1.54) is 18.2 Å². The first-order valence-corrected chi connectivity index (χ1v) is 7.69. The molecule has 0 saturated heterocycles. The molecule has 124 valence electrons. The topological polar surface area (TPSA) is 67.4 Å². The first kappa shape index (κ1) is 16.0. The maximum absolute atomic E-state index is 13.5. The zero-order chi connectivity index (χ0) is 16.9. The van der Waals surface area contributed by atoms with Gasteiger partial charge in [-0.2, -0.15) is 0 Å². The van der Waals surface area contributed by atoms with Crippen molar-refractivity contribution < 1.29 is 18.7 Å². The minimum absolute atomic E-state index is 0.0817. The monoisotopic (exact) mass is 328 g/mol. The van der Waals surface area contributed by atoms with Crippen LogP contribution >= 0.6 is 0 Å². The predicted octanol–water partition coefficient (Wildman–Crippen LogP) is 2.20. The fraction of sp³-hybridized carbons (Fsp3) is 0.222. The molecule has 1 atom stereocenters. The number of nitrogens with one attached hydrogen (secondary N) is 2. The molecule has 6 heteroatoms. The Morgan fingerprint density at radius 2 is 1.88 bits per heavy atom. The van der Waals surface area contributed by atoms with Gasteiger partial charge in [-0.15, -0.1) is 0 Å². The van der Waals surface area contributed by atoms with E-state index in [1.54, 1.807) is 6.07 Å². The van der Waals surface area contributed by atoms with Gasteiger partial charge in [0.1, 0.15) is 11.6 Å². The summed E-state index contributed by atoms with van der Waals surface area (Å²) in [5.74, 6) is -0.810. The number of hydrogen-bond acceptors (Lipinski definition) is 3. The number of rotatable bonds is 4. The molecule has 3 rings (SSSR count). The SMILES string of the molecule is O=C(CNC(=O)c1ccccc1F)NC1CCOc2ccccc21. The Hall–Kier alpha value is -2.89. The van der Waals surface area contributed by atoms with Gasteiger partial charge in [-0.1, -0.05) is 30.3 Å². The van der Waals surface area contributed by atoms with Gasteiger partial charge in [-0.3, -0.25) is 9.59 Å². The number of fused-ring (bicyclic) bond motifs is 1. The summed E-state index contributed by atoms with van der Waals surface area (Å²) >= 11 is 0. The van der Waals surface area contributed by atoms with E-state index in [1.807, 2.05) is 24.3 Å². The minimum atomic E-state index is -0.617. The van der Waals surface area contributed by atoms with Crippen molar-refractivity contribution in [1.82, 2.24) is 10.6 Å². The fourth-order valence-corrected chi connectivity index (χ4v) is 2.64. The number of para-hydroxylation sites is 1. The molecule has 1 aliphatic rings. The number of halogens is 1. The van der Waals surface area contributed by atoms with Crippen LogP contribution < -0.4 is 15.4 Å². The standard InChI is InChI=1S/C18H17FN2O3/c19-14-7-3-1-5-12(14)18(23)20-11-17(22)21-15-9-10-24-16-8-4-2-6-13(15)16/h1-8,15H,9-11H2,(H,20,23)(H,21,22). The first-order valence-electron chi connectivity index (χ1n) is 7.69. The van der Waals surface area contributed by atoms with Crippen LogP contribution in [0.1, 0.15) is 28.4 Å². The molecule has 1 heterocycles. The molecule has 2 N–H and O–H groups in total. The lowest BCUT2D eigenvalue weighted by Crippen LogP contribution is -2.40. The van der Waals surface area contributed by atoms with Crippen molar-refractivity contribution >= 4 is 11.8 Å². The van der Waals surface area contributed by atoms with Gasteiger partial charge in [0.2, 0.25) is 5.91 Å². The van der Waals surface area contributed by atoms with Crippen LogP contribution in [-0.2, 0) is 4.79 Å². The highest BCUT2D eigenvalue weighted by Crippen LogP contribution is 2.31. The van der Waals surface area contributed by atoms with E-state index in [0.717, 1.165) is 11.3 Å². The molecule has 0 aromatic heterocycles. The molecule has 0 bridgehead atoms. The third-order valence-corrected chi connectivity index (χ3v) is 3.82. The molecule has 24 heavy (non-hydrogen) atoms. The highest BCUT2D eigenvalue weighted by Gasteiger charge is 2.22. The lowest BCUT2D eigenvalue weighted by molar-refractivity contribution is -0.121. The Morgan fingerprint density at radius 1 is 1.12 bits per heavy atom. The molecule has 0 saturated carbocycles. The van der Waals surface area contributed by atoms with Crippen LogP contribution in [0.2, 0.25) is 0 Å². The van der Waals surface area contributed by atoms with Crippen molar-refractivity contribution in [2.24, 2.45) is 0 Å². The van der Waals surface area contributed by atoms with Gasteiger partial charge in [-0.05, 0) is 18.2 Å². The summed E-state index contributed by atoms with van der Waals surface area (Å²) in [6.45, 7) is 0.302. The molecule has 2 aromatic carbocycles. The Kier molecular flexibility index (Phi) is 4.74. The van der Waals surface area contributed by atoms with Crippen molar-refractivity contribution in [3.63, 3.8) is 0 Å². The van der Waals surface area contributed by atoms with E-state index in [4.69, 9.17) is 4.74 Å². The number of hydrogen-bond donors (Lipinski definition) is 2. The van der Waals surface area contributed by atoms with Crippen LogP contribution in [0.15, 0.2) is 48.5 Å². The summed E-state index contributed by atoms with van der Waals surface area (Å²) in [5.41, 5.74) is 0.833. The highest BCUT2D eigenvalue weighted by atomic mass is 19.1. The van der Waals surface area contributed by atoms with E-state index in [0.29, 0.717) is 13.0 Å². The van der Waals surface area contributed by atoms with Crippen molar-refractivity contribution in [3.8, 4) is 5.75 Å². The van der Waals surface area contributed by atoms with Gasteiger partial charge in [0.25, 0.3) is 5.91 Å². The third-order valence-electron chi connectivity index (χ3n) is 3.82. The molecule has 2 aromatic rings. The summed E-state index contributed by atoms with van der Waals surface area (Å²) in [7, 11) is 0. The van der Waals surface area contributed by atoms with Gasteiger partial charge in [-0.25, -0.2) is 4.39 Å². The summed E-state index contributed by atoms with van der Waals surface area (Å²) in [4.78, 5) is 24.0. The summed E-state index contributed by atoms with van der Waals surface area (Å²) in [6.07, 6.45) is 0.657. The molecule has 0 aliphatic carbocycles. The van der Waals surface area contributed by atoms with Crippen LogP contribution in [0.5, 0.6) is 5.75 Å². The van der Waals surface area contributed by atoms with Gasteiger partial charge in [0.15, 0.2) is 0 Å². The molecule has 5 nitrogen and oxygen atoms in total. The Morgan fingerprint density at radius 3 is 2.71 bits per heavy atom. The maximum atomic E-state index is 13.5. The average molecular weight is 328 g/mol. The number of ether oxygens (including phenoxy) is 1. The van der Waals surface area contributed by atoms with Gasteiger partial charge in [0, 0.05) is 12.0 Å². The second-order valence-corrected chi connectivity index (χ2v) is 5.46. The van der Waals surface area contributed by atoms with Crippen LogP contribution in [0.4, 0.5) is 4.39 Å². The van der Waals surface area contributed by atoms with Crippen LogP contribution in [0.25, 0.3) is 0 Å². The Bertz CT molecular complexity index is 763. The van der Waals surface area contributed by atoms with Crippen molar-refractivity contribution in [2.45, 2.75) is 12.5 Å².